The maximum absolute atomic E-state index is 3.61. The van der Waals surface area contributed by atoms with Crippen LogP contribution in [0.1, 0.15) is 24.8 Å². The van der Waals surface area contributed by atoms with Crippen LogP contribution in [0.15, 0.2) is 30.3 Å². The van der Waals surface area contributed by atoms with Crippen LogP contribution in [-0.2, 0) is 0 Å². The normalized spacial score (nSPS) is 13.1. The van der Waals surface area contributed by atoms with Crippen molar-refractivity contribution in [3.05, 3.63) is 35.9 Å². The average molecular weight is 270 g/mol. The summed E-state index contributed by atoms with van der Waals surface area (Å²) in [6.45, 7) is 4.53. The predicted molar refractivity (Wildman–Crippen MR) is 70.8 cm³/mol. The Bertz CT molecular complexity index is 260. The van der Waals surface area contributed by atoms with E-state index in [1.807, 2.05) is 0 Å². The van der Waals surface area contributed by atoms with Crippen LogP contribution in [-0.4, -0.2) is 30.4 Å². The molecule has 15 heavy (non-hydrogen) atoms. The van der Waals surface area contributed by atoms with Crippen LogP contribution in [0.3, 0.4) is 0 Å². The molecule has 0 spiro atoms. The van der Waals surface area contributed by atoms with Gasteiger partial charge in [-0.3, -0.25) is 0 Å². The molecule has 2 heteroatoms. The van der Waals surface area contributed by atoms with E-state index in [9.17, 15) is 0 Å². The quantitative estimate of drug-likeness (QED) is 0.715. The fourth-order valence-electron chi connectivity index (χ4n) is 1.82. The van der Waals surface area contributed by atoms with Crippen molar-refractivity contribution in [3.8, 4) is 0 Å². The summed E-state index contributed by atoms with van der Waals surface area (Å²) >= 11 is 3.61. The molecule has 0 aliphatic rings. The molecule has 0 aliphatic carbocycles. The van der Waals surface area contributed by atoms with Crippen molar-refractivity contribution in [1.29, 1.82) is 0 Å². The second-order valence-corrected chi connectivity index (χ2v) is 4.67. The summed E-state index contributed by atoms with van der Waals surface area (Å²) in [5, 5.41) is 1.03. The molecule has 1 aromatic rings. The topological polar surface area (TPSA) is 3.24 Å². The lowest BCUT2D eigenvalue weighted by atomic mass is 10.0. The van der Waals surface area contributed by atoms with Gasteiger partial charge in [-0.15, -0.1) is 0 Å². The number of halogens is 1. The highest BCUT2D eigenvalue weighted by molar-refractivity contribution is 9.09. The molecule has 1 rings (SSSR count). The number of nitrogens with zero attached hydrogens (tertiary/aromatic N) is 1. The van der Waals surface area contributed by atoms with Crippen LogP contribution < -0.4 is 0 Å². The zero-order valence-electron chi connectivity index (χ0n) is 9.62. The summed E-state index contributed by atoms with van der Waals surface area (Å²) in [5.41, 5.74) is 1.43. The molecule has 0 saturated heterocycles. The highest BCUT2D eigenvalue weighted by atomic mass is 79.9. The molecule has 0 amide bonds. The number of likely N-dealkylation sites (N-methyl/N-ethyl adjacent to an activating group) is 1. The molecule has 0 bridgehead atoms. The first-order valence-corrected chi connectivity index (χ1v) is 6.69. The lowest BCUT2D eigenvalue weighted by Crippen LogP contribution is -2.26. The van der Waals surface area contributed by atoms with Gasteiger partial charge in [0, 0.05) is 17.8 Å². The number of alkyl halides is 1. The van der Waals surface area contributed by atoms with E-state index in [1.54, 1.807) is 0 Å². The molecule has 0 radical (unpaired) electrons. The minimum Gasteiger partial charge on any atom is -0.306 e. The minimum absolute atomic E-state index is 0.600. The van der Waals surface area contributed by atoms with Gasteiger partial charge in [0.25, 0.3) is 0 Å². The maximum atomic E-state index is 3.61. The Kier molecular flexibility index (Phi) is 5.96. The van der Waals surface area contributed by atoms with Crippen molar-refractivity contribution < 1.29 is 0 Å². The van der Waals surface area contributed by atoms with Crippen molar-refractivity contribution in [1.82, 2.24) is 4.90 Å². The molecule has 1 nitrogen and oxygen atoms in total. The van der Waals surface area contributed by atoms with Gasteiger partial charge < -0.3 is 4.90 Å². The van der Waals surface area contributed by atoms with Crippen LogP contribution in [0, 0.1) is 0 Å². The Labute approximate surface area is 102 Å². The Morgan fingerprint density at radius 1 is 1.27 bits per heavy atom. The summed E-state index contributed by atoms with van der Waals surface area (Å²) in [5.74, 6) is 0.600. The molecule has 0 N–H and O–H groups in total. The van der Waals surface area contributed by atoms with Crippen LogP contribution in [0.4, 0.5) is 0 Å². The van der Waals surface area contributed by atoms with Gasteiger partial charge in [0.2, 0.25) is 0 Å². The fraction of sp³-hybridized carbons (Fsp3) is 0.538. The zero-order chi connectivity index (χ0) is 11.1. The number of benzene rings is 1. The molecule has 84 valence electrons. The fourth-order valence-corrected chi connectivity index (χ4v) is 2.40. The van der Waals surface area contributed by atoms with E-state index in [4.69, 9.17) is 0 Å². The van der Waals surface area contributed by atoms with Crippen molar-refractivity contribution >= 4 is 15.9 Å². The van der Waals surface area contributed by atoms with Crippen LogP contribution >= 0.6 is 15.9 Å². The molecule has 1 unspecified atom stereocenters. The van der Waals surface area contributed by atoms with E-state index in [-0.39, 0.29) is 0 Å². The van der Waals surface area contributed by atoms with Gasteiger partial charge in [-0.25, -0.2) is 0 Å². The third kappa shape index (κ3) is 4.35. The molecule has 1 aromatic carbocycles. The van der Waals surface area contributed by atoms with Crippen molar-refractivity contribution in [3.63, 3.8) is 0 Å². The highest BCUT2D eigenvalue weighted by Crippen LogP contribution is 2.18. The summed E-state index contributed by atoms with van der Waals surface area (Å²) in [6.07, 6.45) is 1.22. The number of hydrogen-bond donors (Lipinski definition) is 0. The van der Waals surface area contributed by atoms with Gasteiger partial charge in [0.15, 0.2) is 0 Å². The molecule has 0 fully saturated rings. The minimum atomic E-state index is 0.600. The van der Waals surface area contributed by atoms with Gasteiger partial charge >= 0.3 is 0 Å². The summed E-state index contributed by atoms with van der Waals surface area (Å²) in [7, 11) is 2.20. The van der Waals surface area contributed by atoms with Crippen molar-refractivity contribution in [2.45, 2.75) is 19.3 Å². The maximum Gasteiger partial charge on any atom is 0.0112 e. The largest absolute Gasteiger partial charge is 0.306 e. The van der Waals surface area contributed by atoms with E-state index in [1.165, 1.54) is 18.5 Å². The zero-order valence-corrected chi connectivity index (χ0v) is 11.2. The highest BCUT2D eigenvalue weighted by Gasteiger charge is 2.11. The van der Waals surface area contributed by atoms with Gasteiger partial charge in [0.05, 0.1) is 0 Å². The van der Waals surface area contributed by atoms with E-state index < -0.39 is 0 Å². The van der Waals surface area contributed by atoms with E-state index in [2.05, 4.69) is 65.1 Å². The summed E-state index contributed by atoms with van der Waals surface area (Å²) in [4.78, 5) is 2.40. The second-order valence-electron chi connectivity index (χ2n) is 4.02. The van der Waals surface area contributed by atoms with Crippen LogP contribution in [0.2, 0.25) is 0 Å². The monoisotopic (exact) mass is 269 g/mol. The lowest BCUT2D eigenvalue weighted by molar-refractivity contribution is 0.319. The second kappa shape index (κ2) is 7.02. The number of rotatable bonds is 6. The third-order valence-electron chi connectivity index (χ3n) is 2.59. The van der Waals surface area contributed by atoms with E-state index >= 15 is 0 Å². The average Bonchev–Trinajstić information content (AvgIpc) is 2.27. The summed E-state index contributed by atoms with van der Waals surface area (Å²) in [6, 6.07) is 10.7. The molecule has 0 saturated carbocycles. The van der Waals surface area contributed by atoms with E-state index in [0.717, 1.165) is 11.9 Å². The molecule has 1 atom stereocenters. The van der Waals surface area contributed by atoms with Crippen molar-refractivity contribution in [2.75, 3.05) is 25.5 Å². The van der Waals surface area contributed by atoms with E-state index in [0.29, 0.717) is 5.92 Å². The first-order chi connectivity index (χ1) is 7.27. The smallest absolute Gasteiger partial charge is 0.0112 e. The first-order valence-electron chi connectivity index (χ1n) is 5.57. The molecule has 0 aliphatic heterocycles. The van der Waals surface area contributed by atoms with Crippen LogP contribution in [0.25, 0.3) is 0 Å². The molecule has 0 aromatic heterocycles. The summed E-state index contributed by atoms with van der Waals surface area (Å²) < 4.78 is 0. The SMILES string of the molecule is CCCN(C)CC(CBr)c1ccccc1. The lowest BCUT2D eigenvalue weighted by Gasteiger charge is -2.22. The first kappa shape index (κ1) is 12.7. The third-order valence-corrected chi connectivity index (χ3v) is 3.38. The predicted octanol–water partition coefficient (Wildman–Crippen LogP) is 3.51. The van der Waals surface area contributed by atoms with Gasteiger partial charge in [-0.1, -0.05) is 53.2 Å². The Balaban J connectivity index is 2.56. The molecular formula is C13H20BrN. The van der Waals surface area contributed by atoms with Crippen molar-refractivity contribution in [2.24, 2.45) is 0 Å². The molecule has 0 heterocycles. The molecular weight excluding hydrogens is 250 g/mol. The Morgan fingerprint density at radius 2 is 1.93 bits per heavy atom. The van der Waals surface area contributed by atoms with Gasteiger partial charge in [-0.05, 0) is 25.6 Å². The standard InChI is InChI=1S/C13H20BrN/c1-3-9-15(2)11-13(10-14)12-7-5-4-6-8-12/h4-8,13H,3,9-11H2,1-2H3. The van der Waals surface area contributed by atoms with Crippen LogP contribution in [0.5, 0.6) is 0 Å². The number of hydrogen-bond acceptors (Lipinski definition) is 1. The van der Waals surface area contributed by atoms with Gasteiger partial charge in [0.1, 0.15) is 0 Å². The van der Waals surface area contributed by atoms with Gasteiger partial charge in [-0.2, -0.15) is 0 Å². The Hall–Kier alpha value is -0.340. The Morgan fingerprint density at radius 3 is 2.47 bits per heavy atom.